The molecule has 12 heteroatoms. The fourth-order valence-electron chi connectivity index (χ4n) is 6.44. The molecule has 0 bridgehead atoms. The Hall–Kier alpha value is -4.52. The molecule has 0 aliphatic carbocycles. The summed E-state index contributed by atoms with van der Waals surface area (Å²) in [6, 6.07) is 20.2. The van der Waals surface area contributed by atoms with Crippen molar-refractivity contribution in [2.24, 2.45) is 5.92 Å². The van der Waals surface area contributed by atoms with Gasteiger partial charge in [0, 0.05) is 32.6 Å². The first-order valence-electron chi connectivity index (χ1n) is 18.9. The van der Waals surface area contributed by atoms with Crippen LogP contribution >= 0.6 is 0 Å². The van der Waals surface area contributed by atoms with E-state index >= 15 is 0 Å². The lowest BCUT2D eigenvalue weighted by molar-refractivity contribution is -0.131. The van der Waals surface area contributed by atoms with E-state index in [1.165, 1.54) is 0 Å². The van der Waals surface area contributed by atoms with Crippen molar-refractivity contribution in [2.45, 2.75) is 90.1 Å². The second kappa shape index (κ2) is 21.9. The van der Waals surface area contributed by atoms with Crippen LogP contribution in [0.5, 0.6) is 0 Å². The summed E-state index contributed by atoms with van der Waals surface area (Å²) in [4.78, 5) is 56.0. The van der Waals surface area contributed by atoms with Crippen molar-refractivity contribution in [1.29, 1.82) is 0 Å². The third kappa shape index (κ3) is 14.1. The molecule has 1 saturated heterocycles. The lowest BCUT2D eigenvalue weighted by Crippen LogP contribution is -2.57. The lowest BCUT2D eigenvalue weighted by Gasteiger charge is -2.29. The molecule has 1 heterocycles. The van der Waals surface area contributed by atoms with Gasteiger partial charge in [-0.05, 0) is 40.7 Å². The van der Waals surface area contributed by atoms with Gasteiger partial charge in [-0.3, -0.25) is 19.3 Å². The summed E-state index contributed by atoms with van der Waals surface area (Å²) in [5.41, 5.74) is 1.65. The van der Waals surface area contributed by atoms with Gasteiger partial charge in [0.05, 0.1) is 31.8 Å². The summed E-state index contributed by atoms with van der Waals surface area (Å²) >= 11 is 0. The molecule has 0 saturated carbocycles. The highest BCUT2D eigenvalue weighted by Gasteiger charge is 2.31. The minimum Gasteiger partial charge on any atom is -0.445 e. The van der Waals surface area contributed by atoms with Crippen molar-refractivity contribution < 1.29 is 33.8 Å². The average Bonchev–Trinajstić information content (AvgIpc) is 3.15. The molecule has 288 valence electrons. The van der Waals surface area contributed by atoms with Gasteiger partial charge in [0.2, 0.25) is 17.7 Å². The van der Waals surface area contributed by atoms with Crippen molar-refractivity contribution in [3.05, 3.63) is 83.9 Å². The molecular formula is C41H57N5O7. The second-order valence-corrected chi connectivity index (χ2v) is 14.1. The molecule has 4 rings (SSSR count). The molecule has 1 aliphatic rings. The minimum absolute atomic E-state index is 0.0300. The van der Waals surface area contributed by atoms with E-state index in [9.17, 15) is 24.3 Å². The molecule has 4 amide bonds. The maximum Gasteiger partial charge on any atom is 0.408 e. The van der Waals surface area contributed by atoms with Crippen molar-refractivity contribution in [2.75, 3.05) is 39.4 Å². The molecule has 53 heavy (non-hydrogen) atoms. The number of aliphatic hydroxyl groups excluding tert-OH is 1. The number of morpholine rings is 1. The lowest BCUT2D eigenvalue weighted by atomic mass is 9.96. The Morgan fingerprint density at radius 2 is 1.57 bits per heavy atom. The molecule has 2 unspecified atom stereocenters. The summed E-state index contributed by atoms with van der Waals surface area (Å²) in [6.45, 7) is 10.1. The van der Waals surface area contributed by atoms with E-state index in [1.807, 2.05) is 93.6 Å². The highest BCUT2D eigenvalue weighted by atomic mass is 16.5. The number of hydrogen-bond donors (Lipinski definition) is 5. The van der Waals surface area contributed by atoms with Gasteiger partial charge in [-0.25, -0.2) is 4.79 Å². The van der Waals surface area contributed by atoms with Crippen LogP contribution < -0.4 is 21.3 Å². The zero-order chi connectivity index (χ0) is 38.0. The Balaban J connectivity index is 1.44. The van der Waals surface area contributed by atoms with Crippen LogP contribution in [0.15, 0.2) is 72.8 Å². The van der Waals surface area contributed by atoms with E-state index in [0.29, 0.717) is 45.6 Å². The molecule has 3 aromatic rings. The maximum absolute atomic E-state index is 14.1. The van der Waals surface area contributed by atoms with Gasteiger partial charge in [0.15, 0.2) is 0 Å². The maximum atomic E-state index is 14.1. The van der Waals surface area contributed by atoms with Gasteiger partial charge < -0.3 is 35.8 Å². The van der Waals surface area contributed by atoms with Gasteiger partial charge in [0.1, 0.15) is 18.7 Å². The fourth-order valence-corrected chi connectivity index (χ4v) is 6.44. The average molecular weight is 732 g/mol. The number of aliphatic hydroxyl groups is 1. The molecule has 5 N–H and O–H groups in total. The Labute approximate surface area is 313 Å². The van der Waals surface area contributed by atoms with Crippen LogP contribution in [-0.2, 0) is 36.9 Å². The smallest absolute Gasteiger partial charge is 0.408 e. The first-order chi connectivity index (χ1) is 25.6. The van der Waals surface area contributed by atoms with Crippen LogP contribution in [-0.4, -0.2) is 97.4 Å². The zero-order valence-electron chi connectivity index (χ0n) is 31.4. The van der Waals surface area contributed by atoms with Crippen LogP contribution in [0.2, 0.25) is 0 Å². The van der Waals surface area contributed by atoms with Crippen LogP contribution in [0, 0.1) is 5.92 Å². The highest BCUT2D eigenvalue weighted by molar-refractivity contribution is 5.92. The predicted octanol–water partition coefficient (Wildman–Crippen LogP) is 4.08. The van der Waals surface area contributed by atoms with Gasteiger partial charge in [-0.1, -0.05) is 106 Å². The van der Waals surface area contributed by atoms with Crippen molar-refractivity contribution in [3.63, 3.8) is 0 Å². The van der Waals surface area contributed by atoms with Gasteiger partial charge in [0.25, 0.3) is 0 Å². The number of unbranched alkanes of at least 4 members (excludes halogenated alkanes) is 1. The number of carbonyl (C=O) groups is 4. The van der Waals surface area contributed by atoms with E-state index < -0.39 is 42.1 Å². The molecule has 4 atom stereocenters. The van der Waals surface area contributed by atoms with Gasteiger partial charge >= 0.3 is 6.09 Å². The van der Waals surface area contributed by atoms with Gasteiger partial charge in [-0.2, -0.15) is 0 Å². The molecule has 0 radical (unpaired) electrons. The molecular weight excluding hydrogens is 674 g/mol. The largest absolute Gasteiger partial charge is 0.445 e. The molecule has 0 aromatic heterocycles. The Bertz CT molecular complexity index is 1590. The van der Waals surface area contributed by atoms with Crippen LogP contribution in [0.25, 0.3) is 10.8 Å². The third-order valence-electron chi connectivity index (χ3n) is 9.37. The van der Waals surface area contributed by atoms with E-state index in [0.717, 1.165) is 41.4 Å². The summed E-state index contributed by atoms with van der Waals surface area (Å²) in [6.07, 6.45) is 0.314. The number of rotatable bonds is 20. The molecule has 1 fully saturated rings. The van der Waals surface area contributed by atoms with Gasteiger partial charge in [-0.15, -0.1) is 0 Å². The monoisotopic (exact) mass is 731 g/mol. The van der Waals surface area contributed by atoms with Crippen molar-refractivity contribution in [1.82, 2.24) is 26.2 Å². The van der Waals surface area contributed by atoms with E-state index in [-0.39, 0.29) is 31.3 Å². The summed E-state index contributed by atoms with van der Waals surface area (Å²) in [5, 5.41) is 24.6. The first-order valence-corrected chi connectivity index (χ1v) is 18.9. The van der Waals surface area contributed by atoms with Crippen LogP contribution in [0.3, 0.4) is 0 Å². The normalized spacial score (nSPS) is 15.6. The summed E-state index contributed by atoms with van der Waals surface area (Å²) < 4.78 is 10.9. The Kier molecular flexibility index (Phi) is 17.0. The number of nitrogens with zero attached hydrogens (tertiary/aromatic N) is 1. The topological polar surface area (TPSA) is 158 Å². The summed E-state index contributed by atoms with van der Waals surface area (Å²) in [5.74, 6) is -1.18. The Morgan fingerprint density at radius 3 is 2.30 bits per heavy atom. The number of hydrogen-bond acceptors (Lipinski definition) is 8. The number of alkyl carbamates (subject to hydrolysis) is 1. The van der Waals surface area contributed by atoms with E-state index in [2.05, 4.69) is 26.2 Å². The summed E-state index contributed by atoms with van der Waals surface area (Å²) in [7, 11) is 0. The number of carbonyl (C=O) groups excluding carboxylic acids is 4. The van der Waals surface area contributed by atoms with Crippen molar-refractivity contribution >= 4 is 34.6 Å². The molecule has 1 aliphatic heterocycles. The number of nitrogens with one attached hydrogen (secondary N) is 4. The zero-order valence-corrected chi connectivity index (χ0v) is 31.4. The number of ether oxygens (including phenoxy) is 2. The van der Waals surface area contributed by atoms with Crippen LogP contribution in [0.1, 0.15) is 64.0 Å². The molecule has 3 aromatic carbocycles. The number of fused-ring (bicyclic) bond motifs is 1. The highest BCUT2D eigenvalue weighted by Crippen LogP contribution is 2.20. The van der Waals surface area contributed by atoms with E-state index in [1.54, 1.807) is 0 Å². The fraction of sp³-hybridized carbons (Fsp3) is 0.512. The standard InChI is InChI=1S/C41H57N5O7/c1-4-5-18-34(39(49)44-35(25-29(2)3)37(47)27-38(48)42-19-20-46-21-23-52-24-22-46)43-40(50)36(45-41(51)53-28-30-12-7-6-8-13-30)26-32-16-11-15-31-14-9-10-17-33(31)32/h6-17,29,34-37,47H,4-5,18-28H2,1-3H3,(H,42,48)(H,43,50)(H,44,49)(H,45,51)/t34-,35?,36-,37?/m0/s1. The third-order valence-corrected chi connectivity index (χ3v) is 9.37. The van der Waals surface area contributed by atoms with E-state index in [4.69, 9.17) is 9.47 Å². The molecule has 0 spiro atoms. The SMILES string of the molecule is CCCC[C@H](NC(=O)[C@H](Cc1cccc2ccccc12)NC(=O)OCc1ccccc1)C(=O)NC(CC(C)C)C(O)CC(=O)NCCN1CCOCC1. The quantitative estimate of drug-likeness (QED) is 0.116. The Morgan fingerprint density at radius 1 is 0.868 bits per heavy atom. The molecule has 12 nitrogen and oxygen atoms in total. The van der Waals surface area contributed by atoms with Crippen molar-refractivity contribution in [3.8, 4) is 0 Å². The first kappa shape index (κ1) is 41.2. The number of amides is 4. The number of benzene rings is 3. The second-order valence-electron chi connectivity index (χ2n) is 14.1. The minimum atomic E-state index is -1.13. The predicted molar refractivity (Wildman–Crippen MR) is 205 cm³/mol. The van der Waals surface area contributed by atoms with Crippen LogP contribution in [0.4, 0.5) is 4.79 Å².